The Morgan fingerprint density at radius 2 is 2.45 bits per heavy atom. The number of aromatic nitrogens is 2. The summed E-state index contributed by atoms with van der Waals surface area (Å²) in [4.78, 5) is 11.5. The van der Waals surface area contributed by atoms with E-state index in [1.54, 1.807) is 13.2 Å². The number of hydrazone groups is 1. The second-order valence-corrected chi connectivity index (χ2v) is 5.18. The van der Waals surface area contributed by atoms with Crippen LogP contribution in [0.1, 0.15) is 5.56 Å². The number of benzene rings is 1. The fraction of sp³-hybridized carbons (Fsp3) is 0.0909. The monoisotopic (exact) mass is 309 g/mol. The third kappa shape index (κ3) is 4.14. The minimum Gasteiger partial charge on any atom is -0.497 e. The van der Waals surface area contributed by atoms with Gasteiger partial charge in [0, 0.05) is 0 Å². The number of aromatic amines is 1. The highest BCUT2D eigenvalue weighted by molar-refractivity contribution is 7.73. The first-order chi connectivity index (χ1) is 9.67. The number of nitrogens with one attached hydrogen (secondary N) is 3. The Hall–Kier alpha value is -2.26. The molecule has 0 fully saturated rings. The Balaban J connectivity index is 1.89. The number of ether oxygens (including phenoxy) is 1. The van der Waals surface area contributed by atoms with Crippen molar-refractivity contribution in [2.75, 3.05) is 12.4 Å². The molecule has 20 heavy (non-hydrogen) atoms. The van der Waals surface area contributed by atoms with E-state index in [2.05, 4.69) is 26.0 Å². The van der Waals surface area contributed by atoms with Crippen LogP contribution in [0.15, 0.2) is 29.4 Å². The van der Waals surface area contributed by atoms with E-state index in [0.717, 1.165) is 22.6 Å². The first kappa shape index (κ1) is 14.2. The summed E-state index contributed by atoms with van der Waals surface area (Å²) in [5, 5.41) is 13.0. The van der Waals surface area contributed by atoms with Crippen molar-refractivity contribution < 1.29 is 9.53 Å². The molecule has 9 heteroatoms. The SMILES string of the molecule is COc1cccc(/C=N/NC(=O)Nc2n[nH]c(=S)s2)c1. The summed E-state index contributed by atoms with van der Waals surface area (Å²) >= 11 is 6.01. The number of nitrogens with zero attached hydrogens (tertiary/aromatic N) is 2. The lowest BCUT2D eigenvalue weighted by atomic mass is 10.2. The van der Waals surface area contributed by atoms with Crippen LogP contribution in [0.4, 0.5) is 9.93 Å². The van der Waals surface area contributed by atoms with Crippen LogP contribution in [0.5, 0.6) is 5.75 Å². The van der Waals surface area contributed by atoms with Gasteiger partial charge >= 0.3 is 6.03 Å². The quantitative estimate of drug-likeness (QED) is 0.459. The van der Waals surface area contributed by atoms with Gasteiger partial charge < -0.3 is 4.74 Å². The van der Waals surface area contributed by atoms with E-state index in [-0.39, 0.29) is 0 Å². The minimum atomic E-state index is -0.498. The fourth-order valence-electron chi connectivity index (χ4n) is 1.30. The molecule has 0 spiro atoms. The van der Waals surface area contributed by atoms with E-state index < -0.39 is 6.03 Å². The molecule has 1 aromatic carbocycles. The zero-order valence-electron chi connectivity index (χ0n) is 10.4. The second kappa shape index (κ2) is 6.78. The third-order valence-corrected chi connectivity index (χ3v) is 3.14. The van der Waals surface area contributed by atoms with Crippen molar-refractivity contribution in [3.05, 3.63) is 33.8 Å². The topological polar surface area (TPSA) is 91.4 Å². The zero-order chi connectivity index (χ0) is 14.4. The molecule has 2 amide bonds. The number of hydrogen-bond acceptors (Lipinski definition) is 6. The van der Waals surface area contributed by atoms with Crippen molar-refractivity contribution >= 4 is 40.9 Å². The highest BCUT2D eigenvalue weighted by atomic mass is 32.1. The number of amides is 2. The third-order valence-electron chi connectivity index (χ3n) is 2.13. The van der Waals surface area contributed by atoms with Crippen molar-refractivity contribution in [2.45, 2.75) is 0 Å². The zero-order valence-corrected chi connectivity index (χ0v) is 12.0. The molecule has 0 aliphatic carbocycles. The van der Waals surface area contributed by atoms with Gasteiger partial charge in [-0.15, -0.1) is 5.10 Å². The maximum Gasteiger partial charge on any atom is 0.341 e. The van der Waals surface area contributed by atoms with Gasteiger partial charge in [0.1, 0.15) is 5.75 Å². The van der Waals surface area contributed by atoms with E-state index >= 15 is 0 Å². The predicted octanol–water partition coefficient (Wildman–Crippen LogP) is 2.36. The molecule has 0 aliphatic heterocycles. The maximum atomic E-state index is 11.5. The molecule has 2 aromatic rings. The maximum absolute atomic E-state index is 11.5. The Morgan fingerprint density at radius 3 is 3.15 bits per heavy atom. The number of rotatable bonds is 4. The Bertz CT molecular complexity index is 679. The number of H-pyrrole nitrogens is 1. The van der Waals surface area contributed by atoms with E-state index in [1.165, 1.54) is 6.21 Å². The van der Waals surface area contributed by atoms with E-state index in [9.17, 15) is 4.79 Å². The van der Waals surface area contributed by atoms with E-state index in [0.29, 0.717) is 9.09 Å². The molecule has 0 saturated carbocycles. The number of carbonyl (C=O) groups is 1. The molecule has 1 aromatic heterocycles. The van der Waals surface area contributed by atoms with Gasteiger partial charge in [0.25, 0.3) is 0 Å². The molecule has 2 rings (SSSR count). The second-order valence-electron chi connectivity index (χ2n) is 3.52. The van der Waals surface area contributed by atoms with Gasteiger partial charge in [0.05, 0.1) is 13.3 Å². The van der Waals surface area contributed by atoms with Crippen LogP contribution in [0.3, 0.4) is 0 Å². The summed E-state index contributed by atoms with van der Waals surface area (Å²) in [5.74, 6) is 0.717. The predicted molar refractivity (Wildman–Crippen MR) is 80.0 cm³/mol. The van der Waals surface area contributed by atoms with Crippen LogP contribution in [0, 0.1) is 3.95 Å². The lowest BCUT2D eigenvalue weighted by molar-refractivity contribution is 0.252. The number of anilines is 1. The van der Waals surface area contributed by atoms with Gasteiger partial charge in [-0.25, -0.2) is 10.2 Å². The molecule has 3 N–H and O–H groups in total. The average molecular weight is 309 g/mol. The summed E-state index contributed by atoms with van der Waals surface area (Å²) in [6, 6.07) is 6.79. The summed E-state index contributed by atoms with van der Waals surface area (Å²) in [6.45, 7) is 0. The van der Waals surface area contributed by atoms with Crippen molar-refractivity contribution in [2.24, 2.45) is 5.10 Å². The number of methoxy groups -OCH3 is 1. The summed E-state index contributed by atoms with van der Waals surface area (Å²) in [7, 11) is 1.58. The highest BCUT2D eigenvalue weighted by Gasteiger charge is 2.02. The average Bonchev–Trinajstić information content (AvgIpc) is 2.84. The van der Waals surface area contributed by atoms with Crippen molar-refractivity contribution in [1.29, 1.82) is 0 Å². The molecule has 0 saturated heterocycles. The first-order valence-corrected chi connectivity index (χ1v) is 6.69. The van der Waals surface area contributed by atoms with Crippen LogP contribution in [-0.2, 0) is 0 Å². The Morgan fingerprint density at radius 1 is 1.60 bits per heavy atom. The number of carbonyl (C=O) groups excluding carboxylic acids is 1. The van der Waals surface area contributed by atoms with Gasteiger partial charge in [0.2, 0.25) is 5.13 Å². The molecule has 1 heterocycles. The van der Waals surface area contributed by atoms with Gasteiger partial charge in [-0.2, -0.15) is 5.10 Å². The smallest absolute Gasteiger partial charge is 0.341 e. The van der Waals surface area contributed by atoms with Gasteiger partial charge in [-0.05, 0) is 29.9 Å². The molecule has 7 nitrogen and oxygen atoms in total. The molecule has 0 atom stereocenters. The Kier molecular flexibility index (Phi) is 4.80. The molecule has 0 aliphatic rings. The fourth-order valence-corrected chi connectivity index (χ4v) is 2.08. The normalized spacial score (nSPS) is 10.4. The molecule has 0 radical (unpaired) electrons. The van der Waals surface area contributed by atoms with Crippen LogP contribution in [-0.4, -0.2) is 29.6 Å². The molecule has 104 valence electrons. The van der Waals surface area contributed by atoms with Crippen molar-refractivity contribution in [3.8, 4) is 5.75 Å². The van der Waals surface area contributed by atoms with Crippen LogP contribution in [0.25, 0.3) is 0 Å². The largest absolute Gasteiger partial charge is 0.497 e. The van der Waals surface area contributed by atoms with Crippen LogP contribution >= 0.6 is 23.6 Å². The van der Waals surface area contributed by atoms with Crippen molar-refractivity contribution in [3.63, 3.8) is 0 Å². The lowest BCUT2D eigenvalue weighted by Gasteiger charge is -2.00. The van der Waals surface area contributed by atoms with Crippen molar-refractivity contribution in [1.82, 2.24) is 15.6 Å². The van der Waals surface area contributed by atoms with Crippen LogP contribution < -0.4 is 15.5 Å². The first-order valence-electron chi connectivity index (χ1n) is 5.47. The van der Waals surface area contributed by atoms with E-state index in [4.69, 9.17) is 17.0 Å². The standard InChI is InChI=1S/C11H11N5O2S2/c1-18-8-4-2-3-7(5-8)6-12-14-9(17)13-10-15-16-11(19)20-10/h2-6H,1H3,(H,16,19)(H2,13,14,15,17)/b12-6+. The summed E-state index contributed by atoms with van der Waals surface area (Å²) < 4.78 is 5.57. The highest BCUT2D eigenvalue weighted by Crippen LogP contribution is 2.11. The van der Waals surface area contributed by atoms with Crippen LogP contribution in [0.2, 0.25) is 0 Å². The molecule has 0 unspecified atom stereocenters. The van der Waals surface area contributed by atoms with Gasteiger partial charge in [0.15, 0.2) is 3.95 Å². The molecule has 0 bridgehead atoms. The van der Waals surface area contributed by atoms with E-state index in [1.807, 2.05) is 18.2 Å². The number of urea groups is 1. The Labute approximate surface area is 123 Å². The molecular weight excluding hydrogens is 298 g/mol. The summed E-state index contributed by atoms with van der Waals surface area (Å²) in [6.07, 6.45) is 1.51. The minimum absolute atomic E-state index is 0.379. The van der Waals surface area contributed by atoms with Gasteiger partial charge in [-0.1, -0.05) is 23.5 Å². The summed E-state index contributed by atoms with van der Waals surface area (Å²) in [5.41, 5.74) is 3.13. The molecular formula is C11H11N5O2S2. The number of hydrogen-bond donors (Lipinski definition) is 3. The lowest BCUT2D eigenvalue weighted by Crippen LogP contribution is -2.24. The van der Waals surface area contributed by atoms with Gasteiger partial charge in [-0.3, -0.25) is 10.4 Å².